The van der Waals surface area contributed by atoms with Crippen LogP contribution in [-0.4, -0.2) is 77.7 Å². The van der Waals surface area contributed by atoms with Crippen LogP contribution in [0.3, 0.4) is 0 Å². The van der Waals surface area contributed by atoms with Gasteiger partial charge in [0, 0.05) is 32.2 Å². The lowest BCUT2D eigenvalue weighted by Crippen LogP contribution is -2.51. The average molecular weight is 338 g/mol. The van der Waals surface area contributed by atoms with Gasteiger partial charge in [-0.25, -0.2) is 18.0 Å². The Hall–Kier alpha value is -1.19. The maximum Gasteiger partial charge on any atom is 0.414 e. The van der Waals surface area contributed by atoms with Crippen LogP contribution in [0, 0.1) is 0 Å². The molecule has 1 saturated heterocycles. The summed E-state index contributed by atoms with van der Waals surface area (Å²) in [5.74, 6) is -3.36. The molecule has 0 spiro atoms. The van der Waals surface area contributed by atoms with E-state index in [1.54, 1.807) is 4.31 Å². The second-order valence-corrected chi connectivity index (χ2v) is 7.21. The van der Waals surface area contributed by atoms with Gasteiger partial charge in [0.15, 0.2) is 0 Å². The molecule has 9 heteroatoms. The topological polar surface area (TPSA) is 115 Å². The van der Waals surface area contributed by atoms with Gasteiger partial charge < -0.3 is 10.2 Å². The molecule has 130 valence electrons. The van der Waals surface area contributed by atoms with E-state index >= 15 is 0 Å². The van der Waals surface area contributed by atoms with Crippen LogP contribution in [0.2, 0.25) is 0 Å². The van der Waals surface area contributed by atoms with Gasteiger partial charge in [-0.2, -0.15) is 4.31 Å². The molecule has 1 rings (SSSR count). The Bertz CT molecular complexity index is 445. The van der Waals surface area contributed by atoms with Crippen LogP contribution in [0.25, 0.3) is 0 Å². The first-order valence-corrected chi connectivity index (χ1v) is 8.94. The summed E-state index contributed by atoms with van der Waals surface area (Å²) in [6.45, 7) is 9.35. The van der Waals surface area contributed by atoms with Crippen molar-refractivity contribution in [1.29, 1.82) is 0 Å². The fourth-order valence-electron chi connectivity index (χ4n) is 2.07. The van der Waals surface area contributed by atoms with Crippen molar-refractivity contribution in [3.05, 3.63) is 0 Å². The first-order valence-electron chi connectivity index (χ1n) is 7.33. The maximum absolute atomic E-state index is 11.8. The van der Waals surface area contributed by atoms with Gasteiger partial charge in [0.2, 0.25) is 10.0 Å². The zero-order chi connectivity index (χ0) is 17.3. The first-order chi connectivity index (χ1) is 10.2. The third kappa shape index (κ3) is 7.19. The largest absolute Gasteiger partial charge is 0.473 e. The molecule has 0 bridgehead atoms. The van der Waals surface area contributed by atoms with Crippen molar-refractivity contribution in [3.63, 3.8) is 0 Å². The van der Waals surface area contributed by atoms with E-state index < -0.39 is 22.0 Å². The lowest BCUT2D eigenvalue weighted by Gasteiger charge is -2.37. The number of aliphatic carboxylic acids is 2. The normalized spacial score (nSPS) is 18.1. The Morgan fingerprint density at radius 1 is 1.05 bits per heavy atom. The molecule has 22 heavy (non-hydrogen) atoms. The summed E-state index contributed by atoms with van der Waals surface area (Å²) in [5.41, 5.74) is 0. The Balaban J connectivity index is 0.000000626. The van der Waals surface area contributed by atoms with E-state index in [9.17, 15) is 8.42 Å². The minimum Gasteiger partial charge on any atom is -0.473 e. The van der Waals surface area contributed by atoms with E-state index in [0.717, 1.165) is 19.5 Å². The predicted octanol–water partition coefficient (Wildman–Crippen LogP) is 0.298. The van der Waals surface area contributed by atoms with Crippen molar-refractivity contribution in [1.82, 2.24) is 9.21 Å². The number of sulfonamides is 1. The summed E-state index contributed by atoms with van der Waals surface area (Å²) in [7, 11) is -2.98. The summed E-state index contributed by atoms with van der Waals surface area (Å²) >= 11 is 0. The van der Waals surface area contributed by atoms with Gasteiger partial charge in [0.25, 0.3) is 0 Å². The number of carboxylic acids is 2. The van der Waals surface area contributed by atoms with Crippen molar-refractivity contribution in [2.24, 2.45) is 0 Å². The molecule has 0 aromatic heterocycles. The van der Waals surface area contributed by atoms with E-state index in [0.29, 0.717) is 25.6 Å². The van der Waals surface area contributed by atoms with E-state index in [-0.39, 0.29) is 5.75 Å². The zero-order valence-electron chi connectivity index (χ0n) is 13.4. The smallest absolute Gasteiger partial charge is 0.414 e. The highest BCUT2D eigenvalue weighted by Gasteiger charge is 2.27. The number of hydrogen-bond donors (Lipinski definition) is 2. The van der Waals surface area contributed by atoms with Crippen molar-refractivity contribution in [2.45, 2.75) is 39.7 Å². The van der Waals surface area contributed by atoms with Gasteiger partial charge in [0.05, 0.1) is 5.75 Å². The number of piperazine rings is 1. The van der Waals surface area contributed by atoms with Crippen LogP contribution in [0.15, 0.2) is 0 Å². The molecule has 0 saturated carbocycles. The van der Waals surface area contributed by atoms with Crippen LogP contribution in [0.5, 0.6) is 0 Å². The summed E-state index contributed by atoms with van der Waals surface area (Å²) < 4.78 is 25.3. The van der Waals surface area contributed by atoms with Gasteiger partial charge in [0.1, 0.15) is 0 Å². The highest BCUT2D eigenvalue weighted by Crippen LogP contribution is 2.12. The van der Waals surface area contributed by atoms with Crippen molar-refractivity contribution in [2.75, 3.05) is 31.9 Å². The molecular weight excluding hydrogens is 312 g/mol. The quantitative estimate of drug-likeness (QED) is 0.693. The lowest BCUT2D eigenvalue weighted by molar-refractivity contribution is -0.159. The molecule has 1 atom stereocenters. The minimum atomic E-state index is -2.98. The van der Waals surface area contributed by atoms with Crippen molar-refractivity contribution < 1.29 is 28.2 Å². The van der Waals surface area contributed by atoms with E-state index in [1.165, 1.54) is 0 Å². The Morgan fingerprint density at radius 2 is 1.50 bits per heavy atom. The highest BCUT2D eigenvalue weighted by atomic mass is 32.2. The fourth-order valence-corrected chi connectivity index (χ4v) is 3.56. The molecule has 1 unspecified atom stereocenters. The average Bonchev–Trinajstić information content (AvgIpc) is 2.47. The molecule has 0 aromatic rings. The second-order valence-electron chi connectivity index (χ2n) is 5.12. The van der Waals surface area contributed by atoms with Gasteiger partial charge in [-0.15, -0.1) is 0 Å². The van der Waals surface area contributed by atoms with Crippen LogP contribution in [-0.2, 0) is 19.6 Å². The molecule has 0 radical (unpaired) electrons. The SMILES string of the molecule is CCCS(=O)(=O)N1CCN(C(C)CC)CC1.O=C(O)C(=O)O. The van der Waals surface area contributed by atoms with Gasteiger partial charge in [-0.3, -0.25) is 4.90 Å². The van der Waals surface area contributed by atoms with E-state index in [2.05, 4.69) is 18.7 Å². The standard InChI is InChI=1S/C11H24N2O2S.C2H2O4/c1-4-10-16(14,15)13-8-6-12(7-9-13)11(3)5-2;3-1(4)2(5)6/h11H,4-10H2,1-3H3;(H,3,4)(H,5,6). The first kappa shape index (κ1) is 20.8. The molecule has 1 heterocycles. The van der Waals surface area contributed by atoms with Crippen molar-refractivity contribution >= 4 is 22.0 Å². The van der Waals surface area contributed by atoms with Crippen molar-refractivity contribution in [3.8, 4) is 0 Å². The van der Waals surface area contributed by atoms with Crippen LogP contribution in [0.4, 0.5) is 0 Å². The minimum absolute atomic E-state index is 0.288. The Kier molecular flexibility index (Phi) is 9.22. The fraction of sp³-hybridized carbons (Fsp3) is 0.846. The molecule has 1 aliphatic heterocycles. The molecule has 0 amide bonds. The summed E-state index contributed by atoms with van der Waals surface area (Å²) in [5, 5.41) is 14.8. The molecule has 1 fully saturated rings. The Morgan fingerprint density at radius 3 is 1.82 bits per heavy atom. The summed E-state index contributed by atoms with van der Waals surface area (Å²) in [6.07, 6.45) is 1.83. The van der Waals surface area contributed by atoms with Gasteiger partial charge in [-0.1, -0.05) is 13.8 Å². The van der Waals surface area contributed by atoms with E-state index in [4.69, 9.17) is 19.8 Å². The predicted molar refractivity (Wildman–Crippen MR) is 82.2 cm³/mol. The lowest BCUT2D eigenvalue weighted by atomic mass is 10.2. The molecule has 0 aliphatic carbocycles. The van der Waals surface area contributed by atoms with Crippen LogP contribution >= 0.6 is 0 Å². The van der Waals surface area contributed by atoms with Gasteiger partial charge >= 0.3 is 11.9 Å². The summed E-state index contributed by atoms with van der Waals surface area (Å²) in [4.78, 5) is 20.6. The third-order valence-corrected chi connectivity index (χ3v) is 5.60. The third-order valence-electron chi connectivity index (χ3n) is 3.53. The maximum atomic E-state index is 11.8. The molecule has 8 nitrogen and oxygen atoms in total. The van der Waals surface area contributed by atoms with E-state index in [1.807, 2.05) is 6.92 Å². The second kappa shape index (κ2) is 9.75. The summed E-state index contributed by atoms with van der Waals surface area (Å²) in [6, 6.07) is 0.566. The molecule has 0 aromatic carbocycles. The Labute approximate surface area is 131 Å². The van der Waals surface area contributed by atoms with Crippen LogP contribution < -0.4 is 0 Å². The molecular formula is C13H26N2O6S. The molecule has 1 aliphatic rings. The molecule has 2 N–H and O–H groups in total. The van der Waals surface area contributed by atoms with Gasteiger partial charge in [-0.05, 0) is 19.8 Å². The number of rotatable bonds is 5. The zero-order valence-corrected chi connectivity index (χ0v) is 14.2. The number of carbonyl (C=O) groups is 2. The highest BCUT2D eigenvalue weighted by molar-refractivity contribution is 7.89. The number of carboxylic acid groups (broad SMARTS) is 2. The number of nitrogens with zero attached hydrogens (tertiary/aromatic N) is 2. The number of hydrogen-bond acceptors (Lipinski definition) is 5. The van der Waals surface area contributed by atoms with Crippen LogP contribution in [0.1, 0.15) is 33.6 Å². The monoisotopic (exact) mass is 338 g/mol.